The third kappa shape index (κ3) is 3.34. The summed E-state index contributed by atoms with van der Waals surface area (Å²) in [5.41, 5.74) is 0.861. The Morgan fingerprint density at radius 3 is 2.76 bits per heavy atom. The lowest BCUT2D eigenvalue weighted by Crippen LogP contribution is -2.15. The number of nitrogens with one attached hydrogen (secondary N) is 1. The van der Waals surface area contributed by atoms with Gasteiger partial charge in [0, 0.05) is 11.9 Å². The fourth-order valence-corrected chi connectivity index (χ4v) is 1.82. The van der Waals surface area contributed by atoms with E-state index in [2.05, 4.69) is 10.3 Å². The van der Waals surface area contributed by atoms with E-state index in [1.807, 2.05) is 6.92 Å². The number of pyridine rings is 1. The van der Waals surface area contributed by atoms with Crippen molar-refractivity contribution in [3.05, 3.63) is 53.4 Å². The van der Waals surface area contributed by atoms with E-state index >= 15 is 0 Å². The molecule has 110 valence electrons. The molecule has 21 heavy (non-hydrogen) atoms. The van der Waals surface area contributed by atoms with Crippen LogP contribution in [-0.2, 0) is 0 Å². The SMILES string of the molecule is CCOc1ccc(NC(=O)c2ccnc(F)c2F)c(C)c1. The number of hydrogen-bond donors (Lipinski definition) is 1. The van der Waals surface area contributed by atoms with Gasteiger partial charge in [0.2, 0.25) is 5.95 Å². The topological polar surface area (TPSA) is 51.2 Å². The Morgan fingerprint density at radius 1 is 1.33 bits per heavy atom. The Morgan fingerprint density at radius 2 is 2.10 bits per heavy atom. The zero-order chi connectivity index (χ0) is 15.4. The average molecular weight is 292 g/mol. The quantitative estimate of drug-likeness (QED) is 0.879. The Labute approximate surface area is 120 Å². The van der Waals surface area contributed by atoms with Crippen LogP contribution >= 0.6 is 0 Å². The molecule has 0 saturated heterocycles. The van der Waals surface area contributed by atoms with E-state index in [4.69, 9.17) is 4.74 Å². The van der Waals surface area contributed by atoms with Crippen LogP contribution < -0.4 is 10.1 Å². The largest absolute Gasteiger partial charge is 0.494 e. The first kappa shape index (κ1) is 14.9. The number of hydrogen-bond acceptors (Lipinski definition) is 3. The molecule has 0 aliphatic heterocycles. The smallest absolute Gasteiger partial charge is 0.258 e. The minimum atomic E-state index is -1.30. The van der Waals surface area contributed by atoms with Gasteiger partial charge >= 0.3 is 0 Å². The zero-order valence-corrected chi connectivity index (χ0v) is 11.6. The van der Waals surface area contributed by atoms with Crippen LogP contribution in [0.4, 0.5) is 14.5 Å². The molecule has 1 N–H and O–H groups in total. The molecule has 1 amide bonds. The fraction of sp³-hybridized carbons (Fsp3) is 0.200. The number of ether oxygens (including phenoxy) is 1. The third-order valence-corrected chi connectivity index (χ3v) is 2.85. The number of halogens is 2. The molecular weight excluding hydrogens is 278 g/mol. The average Bonchev–Trinajstić information content (AvgIpc) is 2.45. The maximum atomic E-state index is 13.5. The molecule has 1 aromatic carbocycles. The highest BCUT2D eigenvalue weighted by Gasteiger charge is 2.16. The lowest BCUT2D eigenvalue weighted by Gasteiger charge is -2.11. The second kappa shape index (κ2) is 6.30. The molecule has 2 rings (SSSR count). The first-order valence-corrected chi connectivity index (χ1v) is 6.37. The molecule has 1 heterocycles. The molecule has 0 atom stereocenters. The molecule has 4 nitrogen and oxygen atoms in total. The number of anilines is 1. The van der Waals surface area contributed by atoms with Gasteiger partial charge in [0.25, 0.3) is 5.91 Å². The highest BCUT2D eigenvalue weighted by Crippen LogP contribution is 2.22. The molecule has 0 fully saturated rings. The summed E-state index contributed by atoms with van der Waals surface area (Å²) < 4.78 is 31.8. The van der Waals surface area contributed by atoms with E-state index in [1.54, 1.807) is 25.1 Å². The monoisotopic (exact) mass is 292 g/mol. The van der Waals surface area contributed by atoms with Crippen molar-refractivity contribution in [3.8, 4) is 5.75 Å². The first-order chi connectivity index (χ1) is 10.0. The molecule has 0 aliphatic carbocycles. The van der Waals surface area contributed by atoms with Crippen molar-refractivity contribution in [2.45, 2.75) is 13.8 Å². The molecule has 0 aliphatic rings. The second-order valence-electron chi connectivity index (χ2n) is 4.33. The highest BCUT2D eigenvalue weighted by atomic mass is 19.2. The Bertz CT molecular complexity index is 675. The number of nitrogens with zero attached hydrogens (tertiary/aromatic N) is 1. The zero-order valence-electron chi connectivity index (χ0n) is 11.6. The number of carbonyl (C=O) groups excluding carboxylic acids is 1. The Balaban J connectivity index is 2.22. The number of carbonyl (C=O) groups is 1. The van der Waals surface area contributed by atoms with Gasteiger partial charge < -0.3 is 10.1 Å². The predicted molar refractivity (Wildman–Crippen MR) is 74.5 cm³/mol. The van der Waals surface area contributed by atoms with Crippen LogP contribution in [0.15, 0.2) is 30.5 Å². The molecular formula is C15H14F2N2O2. The van der Waals surface area contributed by atoms with Gasteiger partial charge in [0.05, 0.1) is 12.2 Å². The van der Waals surface area contributed by atoms with E-state index < -0.39 is 23.2 Å². The van der Waals surface area contributed by atoms with Crippen molar-refractivity contribution in [1.82, 2.24) is 4.98 Å². The Hall–Kier alpha value is -2.50. The van der Waals surface area contributed by atoms with Crippen LogP contribution in [0.3, 0.4) is 0 Å². The van der Waals surface area contributed by atoms with Crippen molar-refractivity contribution in [2.24, 2.45) is 0 Å². The van der Waals surface area contributed by atoms with E-state index in [9.17, 15) is 13.6 Å². The van der Waals surface area contributed by atoms with Gasteiger partial charge in [-0.15, -0.1) is 0 Å². The summed E-state index contributed by atoms with van der Waals surface area (Å²) in [5, 5.41) is 2.53. The number of aryl methyl sites for hydroxylation is 1. The summed E-state index contributed by atoms with van der Waals surface area (Å²) in [5.74, 6) is -2.63. The van der Waals surface area contributed by atoms with Crippen LogP contribution in [0.5, 0.6) is 5.75 Å². The number of aromatic nitrogens is 1. The van der Waals surface area contributed by atoms with E-state index in [0.717, 1.165) is 17.8 Å². The van der Waals surface area contributed by atoms with Crippen molar-refractivity contribution in [1.29, 1.82) is 0 Å². The summed E-state index contributed by atoms with van der Waals surface area (Å²) in [7, 11) is 0. The van der Waals surface area contributed by atoms with Crippen molar-refractivity contribution in [3.63, 3.8) is 0 Å². The summed E-state index contributed by atoms with van der Waals surface area (Å²) in [6.45, 7) is 4.18. The maximum Gasteiger partial charge on any atom is 0.258 e. The van der Waals surface area contributed by atoms with Gasteiger partial charge in [-0.05, 0) is 43.7 Å². The van der Waals surface area contributed by atoms with Gasteiger partial charge in [-0.2, -0.15) is 4.39 Å². The molecule has 2 aromatic rings. The number of amides is 1. The molecule has 1 aromatic heterocycles. The lowest BCUT2D eigenvalue weighted by molar-refractivity contribution is 0.102. The van der Waals surface area contributed by atoms with Crippen LogP contribution in [0.25, 0.3) is 0 Å². The minimum Gasteiger partial charge on any atom is -0.494 e. The van der Waals surface area contributed by atoms with Gasteiger partial charge in [-0.3, -0.25) is 4.79 Å². The fourth-order valence-electron chi connectivity index (χ4n) is 1.82. The second-order valence-corrected chi connectivity index (χ2v) is 4.33. The van der Waals surface area contributed by atoms with Gasteiger partial charge in [-0.1, -0.05) is 0 Å². The number of benzene rings is 1. The van der Waals surface area contributed by atoms with E-state index in [0.29, 0.717) is 18.0 Å². The standard InChI is InChI=1S/C15H14F2N2O2/c1-3-21-10-4-5-12(9(2)8-10)19-15(20)11-6-7-18-14(17)13(11)16/h4-8H,3H2,1-2H3,(H,19,20). The van der Waals surface area contributed by atoms with Crippen LogP contribution in [0, 0.1) is 18.7 Å². The molecule has 0 radical (unpaired) electrons. The Kier molecular flexibility index (Phi) is 4.47. The van der Waals surface area contributed by atoms with Crippen LogP contribution in [-0.4, -0.2) is 17.5 Å². The molecule has 0 saturated carbocycles. The van der Waals surface area contributed by atoms with Gasteiger partial charge in [-0.25, -0.2) is 9.37 Å². The molecule has 0 spiro atoms. The normalized spacial score (nSPS) is 10.3. The lowest BCUT2D eigenvalue weighted by atomic mass is 10.1. The summed E-state index contributed by atoms with van der Waals surface area (Å²) in [6, 6.07) is 6.21. The molecule has 0 bridgehead atoms. The van der Waals surface area contributed by atoms with Crippen LogP contribution in [0.2, 0.25) is 0 Å². The van der Waals surface area contributed by atoms with Crippen molar-refractivity contribution < 1.29 is 18.3 Å². The third-order valence-electron chi connectivity index (χ3n) is 2.85. The van der Waals surface area contributed by atoms with Crippen LogP contribution in [0.1, 0.15) is 22.8 Å². The summed E-state index contributed by atoms with van der Waals surface area (Å²) in [4.78, 5) is 15.1. The highest BCUT2D eigenvalue weighted by molar-refractivity contribution is 6.04. The van der Waals surface area contributed by atoms with Crippen molar-refractivity contribution >= 4 is 11.6 Å². The minimum absolute atomic E-state index is 0.393. The van der Waals surface area contributed by atoms with Gasteiger partial charge in [0.15, 0.2) is 5.82 Å². The summed E-state index contributed by atoms with van der Waals surface area (Å²) in [6.07, 6.45) is 1.04. The molecule has 6 heteroatoms. The number of rotatable bonds is 4. The first-order valence-electron chi connectivity index (χ1n) is 6.37. The summed E-state index contributed by atoms with van der Waals surface area (Å²) >= 11 is 0. The predicted octanol–water partition coefficient (Wildman–Crippen LogP) is 3.32. The van der Waals surface area contributed by atoms with Crippen molar-refractivity contribution in [2.75, 3.05) is 11.9 Å². The van der Waals surface area contributed by atoms with Gasteiger partial charge in [0.1, 0.15) is 5.75 Å². The van der Waals surface area contributed by atoms with E-state index in [1.165, 1.54) is 0 Å². The van der Waals surface area contributed by atoms with E-state index in [-0.39, 0.29) is 0 Å². The maximum absolute atomic E-state index is 13.5. The molecule has 0 unspecified atom stereocenters.